The Balaban J connectivity index is 1.51. The maximum atomic E-state index is 13.5. The van der Waals surface area contributed by atoms with E-state index in [2.05, 4.69) is 6.58 Å². The number of pyridine rings is 2. The number of hydrogen-bond donors (Lipinski definition) is 0. The minimum Gasteiger partial charge on any atom is -0.460 e. The van der Waals surface area contributed by atoms with E-state index in [1.54, 1.807) is 24.6 Å². The molecular weight excluding hydrogens is 480 g/mol. The molecule has 0 bridgehead atoms. The van der Waals surface area contributed by atoms with Gasteiger partial charge in [0.2, 0.25) is 0 Å². The predicted molar refractivity (Wildman–Crippen MR) is 133 cm³/mol. The number of carbonyl (C=O) groups is 2. The minimum absolute atomic E-state index is 0.0215. The third kappa shape index (κ3) is 4.06. The minimum atomic E-state index is -2.95. The number of esters is 2. The van der Waals surface area contributed by atoms with Gasteiger partial charge in [-0.3, -0.25) is 4.79 Å². The first-order valence-electron chi connectivity index (χ1n) is 11.6. The molecule has 2 aromatic heterocycles. The third-order valence-corrected chi connectivity index (χ3v) is 8.22. The maximum absolute atomic E-state index is 13.5. The van der Waals surface area contributed by atoms with Gasteiger partial charge in [-0.1, -0.05) is 24.8 Å². The van der Waals surface area contributed by atoms with Crippen LogP contribution in [0.15, 0.2) is 53.8 Å². The molecule has 2 aliphatic heterocycles. The van der Waals surface area contributed by atoms with Gasteiger partial charge in [-0.25, -0.2) is 14.6 Å². The first kappa shape index (κ1) is 24.1. The van der Waals surface area contributed by atoms with Crippen LogP contribution in [0.4, 0.5) is 0 Å². The molecule has 0 fully saturated rings. The fourth-order valence-electron chi connectivity index (χ4n) is 4.77. The zero-order chi connectivity index (χ0) is 25.7. The third-order valence-electron chi connectivity index (χ3n) is 6.42. The molecule has 1 atom stereocenters. The summed E-state index contributed by atoms with van der Waals surface area (Å²) in [5.74, 6) is -1.14. The van der Waals surface area contributed by atoms with Crippen molar-refractivity contribution in [2.45, 2.75) is 38.8 Å². The second kappa shape index (κ2) is 8.81. The molecule has 0 aliphatic carbocycles. The van der Waals surface area contributed by atoms with Crippen LogP contribution in [-0.2, 0) is 46.7 Å². The summed E-state index contributed by atoms with van der Waals surface area (Å²) in [7, 11) is -2.95. The average Bonchev–Trinajstić information content (AvgIpc) is 3.20. The Bertz CT molecular complexity index is 1480. The van der Waals surface area contributed by atoms with Crippen molar-refractivity contribution in [1.82, 2.24) is 9.55 Å². The number of nitrogens with zero attached hydrogens (tertiary/aromatic N) is 2. The van der Waals surface area contributed by atoms with Gasteiger partial charge in [0.15, 0.2) is 5.60 Å². The summed E-state index contributed by atoms with van der Waals surface area (Å²) in [6.45, 7) is 8.89. The Hall–Kier alpha value is -3.60. The van der Waals surface area contributed by atoms with E-state index in [9.17, 15) is 14.4 Å². The summed E-state index contributed by atoms with van der Waals surface area (Å²) in [6.07, 6.45) is 1.07. The van der Waals surface area contributed by atoms with Crippen LogP contribution in [-0.4, -0.2) is 43.3 Å². The van der Waals surface area contributed by atoms with Crippen molar-refractivity contribution in [1.29, 1.82) is 0 Å². The summed E-state index contributed by atoms with van der Waals surface area (Å²) >= 11 is 0. The maximum Gasteiger partial charge on any atom is 0.342 e. The van der Waals surface area contributed by atoms with Gasteiger partial charge >= 0.3 is 20.5 Å². The summed E-state index contributed by atoms with van der Waals surface area (Å²) in [5, 5.41) is 0.997. The molecule has 0 saturated heterocycles. The van der Waals surface area contributed by atoms with Crippen LogP contribution < -0.4 is 5.56 Å². The number of carbonyl (C=O) groups excluding carboxylic acids is 2. The van der Waals surface area contributed by atoms with Crippen molar-refractivity contribution in [3.05, 3.63) is 76.1 Å². The Morgan fingerprint density at radius 2 is 2.03 bits per heavy atom. The summed E-state index contributed by atoms with van der Waals surface area (Å²) in [5.41, 5.74) is 2.18. The molecule has 5 rings (SSSR count). The molecule has 0 unspecified atom stereocenters. The van der Waals surface area contributed by atoms with E-state index in [4.69, 9.17) is 23.3 Å². The Labute approximate surface area is 208 Å². The lowest BCUT2D eigenvalue weighted by Crippen LogP contribution is -2.52. The van der Waals surface area contributed by atoms with Crippen molar-refractivity contribution in [2.24, 2.45) is 0 Å². The fourth-order valence-corrected chi connectivity index (χ4v) is 6.58. The molecule has 186 valence electrons. The smallest absolute Gasteiger partial charge is 0.342 e. The molecule has 36 heavy (non-hydrogen) atoms. The van der Waals surface area contributed by atoms with Crippen LogP contribution in [0.1, 0.15) is 23.6 Å². The van der Waals surface area contributed by atoms with Gasteiger partial charge in [-0.2, -0.15) is 0 Å². The molecule has 0 amide bonds. The number of ether oxygens (including phenoxy) is 2. The van der Waals surface area contributed by atoms with Crippen LogP contribution in [0, 0.1) is 0 Å². The van der Waals surface area contributed by atoms with Crippen molar-refractivity contribution in [3.8, 4) is 11.4 Å². The lowest BCUT2D eigenvalue weighted by atomic mass is 9.90. The summed E-state index contributed by atoms with van der Waals surface area (Å²) < 4.78 is 24.2. The number of cyclic esters (lactones) is 1. The van der Waals surface area contributed by atoms with Gasteiger partial charge in [0.05, 0.1) is 35.6 Å². The molecule has 3 aromatic rings. The van der Waals surface area contributed by atoms with Crippen molar-refractivity contribution < 1.29 is 27.9 Å². The Morgan fingerprint density at radius 3 is 2.81 bits per heavy atom. The molecule has 9 nitrogen and oxygen atoms in total. The van der Waals surface area contributed by atoms with Gasteiger partial charge < -0.3 is 22.9 Å². The van der Waals surface area contributed by atoms with E-state index < -0.39 is 26.1 Å². The summed E-state index contributed by atoms with van der Waals surface area (Å²) in [6, 6.07) is 11.7. The van der Waals surface area contributed by atoms with Crippen LogP contribution >= 0.6 is 0 Å². The standard InChI is InChI=1S/C26H26N2O7Si/c1-5-22(29)32-10-11-34-36(3,4)35-26(2)19-13-21-23-17(12-16-8-6-7-9-20(16)27-23)14-28(21)24(30)18(19)15-33-25(26)31/h5-9,12-13H,1,10-11,14-15H2,2-4H3/t26-/m0/s1. The highest BCUT2D eigenvalue weighted by atomic mass is 28.4. The normalized spacial score (nSPS) is 18.2. The Kier molecular flexibility index (Phi) is 5.90. The second-order valence-corrected chi connectivity index (χ2v) is 12.6. The monoisotopic (exact) mass is 506 g/mol. The van der Waals surface area contributed by atoms with Crippen molar-refractivity contribution in [2.75, 3.05) is 13.2 Å². The number of benzene rings is 1. The van der Waals surface area contributed by atoms with E-state index in [1.807, 2.05) is 36.4 Å². The highest BCUT2D eigenvalue weighted by Gasteiger charge is 2.49. The van der Waals surface area contributed by atoms with E-state index >= 15 is 0 Å². The number of rotatable bonds is 7. The van der Waals surface area contributed by atoms with Crippen molar-refractivity contribution >= 4 is 31.4 Å². The predicted octanol–water partition coefficient (Wildman–Crippen LogP) is 3.16. The van der Waals surface area contributed by atoms with Crippen LogP contribution in [0.25, 0.3) is 22.3 Å². The van der Waals surface area contributed by atoms with Gasteiger partial charge in [0.25, 0.3) is 5.56 Å². The number of fused-ring (bicyclic) bond motifs is 5. The first-order chi connectivity index (χ1) is 17.1. The number of para-hydroxylation sites is 1. The summed E-state index contributed by atoms with van der Waals surface area (Å²) in [4.78, 5) is 42.7. The van der Waals surface area contributed by atoms with Gasteiger partial charge in [-0.05, 0) is 38.2 Å². The lowest BCUT2D eigenvalue weighted by molar-refractivity contribution is -0.169. The fraction of sp³-hybridized carbons (Fsp3) is 0.308. The quantitative estimate of drug-likeness (QED) is 0.163. The molecule has 10 heteroatoms. The lowest BCUT2D eigenvalue weighted by Gasteiger charge is -2.39. The first-order valence-corrected chi connectivity index (χ1v) is 14.4. The zero-order valence-corrected chi connectivity index (χ0v) is 21.3. The SMILES string of the molecule is C=CC(=O)OCCO[Si](C)(C)O[C@]1(C)C(=O)OCc2c1cc1n(c2=O)Cc2cc3ccccc3nc2-1. The highest BCUT2D eigenvalue weighted by molar-refractivity contribution is 6.64. The van der Waals surface area contributed by atoms with Crippen LogP contribution in [0.5, 0.6) is 0 Å². The van der Waals surface area contributed by atoms with Crippen molar-refractivity contribution in [3.63, 3.8) is 0 Å². The highest BCUT2D eigenvalue weighted by Crippen LogP contribution is 2.40. The Morgan fingerprint density at radius 1 is 1.25 bits per heavy atom. The van der Waals surface area contributed by atoms with Gasteiger partial charge in [0.1, 0.15) is 13.2 Å². The van der Waals surface area contributed by atoms with Crippen LogP contribution in [0.3, 0.4) is 0 Å². The van der Waals surface area contributed by atoms with E-state index in [1.165, 1.54) is 0 Å². The number of aromatic nitrogens is 2. The van der Waals surface area contributed by atoms with E-state index in [0.717, 1.165) is 22.5 Å². The molecular formula is C26H26N2O7Si. The number of hydrogen-bond acceptors (Lipinski definition) is 8. The zero-order valence-electron chi connectivity index (χ0n) is 20.3. The molecule has 0 spiro atoms. The molecule has 0 N–H and O–H groups in total. The van der Waals surface area contributed by atoms with Gasteiger partial charge in [0, 0.05) is 22.6 Å². The van der Waals surface area contributed by atoms with E-state index in [0.29, 0.717) is 29.1 Å². The van der Waals surface area contributed by atoms with Crippen LogP contribution in [0.2, 0.25) is 13.1 Å². The van der Waals surface area contributed by atoms with E-state index in [-0.39, 0.29) is 25.4 Å². The molecule has 0 saturated carbocycles. The topological polar surface area (TPSA) is 106 Å². The van der Waals surface area contributed by atoms with Gasteiger partial charge in [-0.15, -0.1) is 0 Å². The molecule has 2 aliphatic rings. The molecule has 1 aromatic carbocycles. The molecule has 0 radical (unpaired) electrons. The molecule has 4 heterocycles. The largest absolute Gasteiger partial charge is 0.460 e. The second-order valence-electron chi connectivity index (χ2n) is 9.33. The average molecular weight is 507 g/mol.